The van der Waals surface area contributed by atoms with Gasteiger partial charge in [-0.3, -0.25) is 0 Å². The lowest BCUT2D eigenvalue weighted by Gasteiger charge is -2.11. The second-order valence-electron chi connectivity index (χ2n) is 3.81. The first-order valence-corrected chi connectivity index (χ1v) is 5.83. The summed E-state index contributed by atoms with van der Waals surface area (Å²) in [5.74, 6) is -0.889. The highest BCUT2D eigenvalue weighted by atomic mass is 16.5. The van der Waals surface area contributed by atoms with Crippen LogP contribution in [-0.4, -0.2) is 61.8 Å². The number of carbonyl (C=O) groups is 1. The molecule has 0 atom stereocenters. The molecular formula is C13H21NO5. The van der Waals surface area contributed by atoms with Crippen molar-refractivity contribution in [2.45, 2.75) is 0 Å². The van der Waals surface area contributed by atoms with Crippen molar-refractivity contribution in [2.24, 2.45) is 0 Å². The first-order chi connectivity index (χ1) is 9.02. The van der Waals surface area contributed by atoms with Crippen LogP contribution in [-0.2, 0) is 4.74 Å². The van der Waals surface area contributed by atoms with Gasteiger partial charge in [-0.25, -0.2) is 4.79 Å². The minimum Gasteiger partial charge on any atom is -0.478 e. The van der Waals surface area contributed by atoms with Crippen LogP contribution in [0.4, 0.5) is 5.69 Å². The highest BCUT2D eigenvalue weighted by molar-refractivity contribution is 5.88. The van der Waals surface area contributed by atoms with E-state index in [0.717, 1.165) is 5.69 Å². The SMILES string of the molecule is CN(C)c1ccc(C(=O)O)cc1.OCCOCCO. The predicted octanol–water partition coefficient (Wildman–Crippen LogP) is 0.438. The molecule has 6 heteroatoms. The standard InChI is InChI=1S/C9H11NO2.C4H10O3/c1-10(2)8-5-3-7(4-6-8)9(11)12;5-1-3-7-4-2-6/h3-6H,1-2H3,(H,11,12);5-6H,1-4H2. The Kier molecular flexibility index (Phi) is 9.42. The number of benzene rings is 1. The van der Waals surface area contributed by atoms with Crippen molar-refractivity contribution in [2.75, 3.05) is 45.4 Å². The van der Waals surface area contributed by atoms with E-state index < -0.39 is 5.97 Å². The Morgan fingerprint density at radius 3 is 1.89 bits per heavy atom. The minimum atomic E-state index is -0.889. The molecule has 0 saturated heterocycles. The van der Waals surface area contributed by atoms with Crippen molar-refractivity contribution in [1.82, 2.24) is 0 Å². The Hall–Kier alpha value is -1.63. The Balaban J connectivity index is 0.000000399. The number of rotatable bonds is 6. The van der Waals surface area contributed by atoms with Gasteiger partial charge in [0.15, 0.2) is 0 Å². The fraction of sp³-hybridized carbons (Fsp3) is 0.462. The molecule has 0 bridgehead atoms. The van der Waals surface area contributed by atoms with Gasteiger partial charge in [0.2, 0.25) is 0 Å². The molecule has 1 rings (SSSR count). The zero-order chi connectivity index (χ0) is 14.7. The Morgan fingerprint density at radius 1 is 1.11 bits per heavy atom. The Labute approximate surface area is 112 Å². The molecule has 0 aliphatic carbocycles. The summed E-state index contributed by atoms with van der Waals surface area (Å²) in [6.07, 6.45) is 0. The summed E-state index contributed by atoms with van der Waals surface area (Å²) in [7, 11) is 3.82. The molecule has 19 heavy (non-hydrogen) atoms. The molecule has 0 fully saturated rings. The van der Waals surface area contributed by atoms with Crippen molar-refractivity contribution in [3.63, 3.8) is 0 Å². The maximum Gasteiger partial charge on any atom is 0.335 e. The molecule has 3 N–H and O–H groups in total. The zero-order valence-corrected chi connectivity index (χ0v) is 11.2. The number of nitrogens with zero attached hydrogens (tertiary/aromatic N) is 1. The first kappa shape index (κ1) is 17.4. The van der Waals surface area contributed by atoms with Gasteiger partial charge in [0.05, 0.1) is 32.0 Å². The number of hydrogen-bond acceptors (Lipinski definition) is 5. The van der Waals surface area contributed by atoms with E-state index in [0.29, 0.717) is 18.8 Å². The number of hydrogen-bond donors (Lipinski definition) is 3. The monoisotopic (exact) mass is 271 g/mol. The summed E-state index contributed by atoms with van der Waals surface area (Å²) in [6.45, 7) is 0.696. The van der Waals surface area contributed by atoms with E-state index in [1.165, 1.54) is 0 Å². The highest BCUT2D eigenvalue weighted by Gasteiger charge is 2.01. The average Bonchev–Trinajstić information content (AvgIpc) is 2.40. The zero-order valence-electron chi connectivity index (χ0n) is 11.2. The largest absolute Gasteiger partial charge is 0.478 e. The molecule has 1 aromatic rings. The van der Waals surface area contributed by atoms with Crippen LogP contribution in [0.2, 0.25) is 0 Å². The lowest BCUT2D eigenvalue weighted by molar-refractivity contribution is 0.0650. The first-order valence-electron chi connectivity index (χ1n) is 5.83. The third-order valence-electron chi connectivity index (χ3n) is 2.10. The van der Waals surface area contributed by atoms with Gasteiger partial charge in [0.25, 0.3) is 0 Å². The normalized spacial score (nSPS) is 9.47. The number of aliphatic hydroxyl groups excluding tert-OH is 2. The van der Waals surface area contributed by atoms with Crippen LogP contribution >= 0.6 is 0 Å². The van der Waals surface area contributed by atoms with E-state index in [4.69, 9.17) is 15.3 Å². The van der Waals surface area contributed by atoms with Crippen molar-refractivity contribution >= 4 is 11.7 Å². The predicted molar refractivity (Wildman–Crippen MR) is 72.7 cm³/mol. The molecule has 6 nitrogen and oxygen atoms in total. The quantitative estimate of drug-likeness (QED) is 0.650. The molecule has 1 aromatic carbocycles. The van der Waals surface area contributed by atoms with Gasteiger partial charge in [-0.15, -0.1) is 0 Å². The molecule has 0 aliphatic heterocycles. The molecule has 0 aromatic heterocycles. The summed E-state index contributed by atoms with van der Waals surface area (Å²) in [4.78, 5) is 12.4. The van der Waals surface area contributed by atoms with Crippen LogP contribution in [0.25, 0.3) is 0 Å². The number of anilines is 1. The maximum atomic E-state index is 10.5. The number of ether oxygens (including phenoxy) is 1. The van der Waals surface area contributed by atoms with Gasteiger partial charge in [0, 0.05) is 19.8 Å². The van der Waals surface area contributed by atoms with E-state index in [-0.39, 0.29) is 13.2 Å². The van der Waals surface area contributed by atoms with Gasteiger partial charge in [-0.05, 0) is 24.3 Å². The minimum absolute atomic E-state index is 0.0278. The van der Waals surface area contributed by atoms with E-state index in [1.807, 2.05) is 19.0 Å². The molecular weight excluding hydrogens is 250 g/mol. The maximum absolute atomic E-state index is 10.5. The summed E-state index contributed by atoms with van der Waals surface area (Å²) in [5, 5.41) is 24.8. The van der Waals surface area contributed by atoms with E-state index in [9.17, 15) is 4.79 Å². The molecule has 0 spiro atoms. The van der Waals surface area contributed by atoms with Crippen LogP contribution in [0.1, 0.15) is 10.4 Å². The summed E-state index contributed by atoms with van der Waals surface area (Å²) in [6, 6.07) is 6.75. The topological polar surface area (TPSA) is 90.2 Å². The lowest BCUT2D eigenvalue weighted by Crippen LogP contribution is -2.08. The molecule has 0 unspecified atom stereocenters. The fourth-order valence-corrected chi connectivity index (χ4v) is 1.13. The third kappa shape index (κ3) is 8.15. The van der Waals surface area contributed by atoms with Gasteiger partial charge in [-0.2, -0.15) is 0 Å². The second-order valence-corrected chi connectivity index (χ2v) is 3.81. The van der Waals surface area contributed by atoms with Gasteiger partial charge in [-0.1, -0.05) is 0 Å². The van der Waals surface area contributed by atoms with Crippen LogP contribution in [0.3, 0.4) is 0 Å². The van der Waals surface area contributed by atoms with Crippen molar-refractivity contribution in [3.8, 4) is 0 Å². The van der Waals surface area contributed by atoms with E-state index in [1.54, 1.807) is 24.3 Å². The van der Waals surface area contributed by atoms with Crippen LogP contribution in [0.15, 0.2) is 24.3 Å². The number of aromatic carboxylic acids is 1. The Bertz CT molecular complexity index is 347. The van der Waals surface area contributed by atoms with Gasteiger partial charge < -0.3 is 25.0 Å². The fourth-order valence-electron chi connectivity index (χ4n) is 1.13. The Morgan fingerprint density at radius 2 is 1.58 bits per heavy atom. The average molecular weight is 271 g/mol. The van der Waals surface area contributed by atoms with Crippen molar-refractivity contribution in [3.05, 3.63) is 29.8 Å². The van der Waals surface area contributed by atoms with E-state index in [2.05, 4.69) is 4.74 Å². The lowest BCUT2D eigenvalue weighted by atomic mass is 10.2. The molecule has 108 valence electrons. The summed E-state index contributed by atoms with van der Waals surface area (Å²) in [5.41, 5.74) is 1.32. The molecule has 0 amide bonds. The van der Waals surface area contributed by atoms with Crippen molar-refractivity contribution < 1.29 is 24.9 Å². The number of carboxylic acids is 1. The molecule has 0 saturated carbocycles. The number of carboxylic acid groups (broad SMARTS) is 1. The van der Waals surface area contributed by atoms with E-state index >= 15 is 0 Å². The molecule has 0 radical (unpaired) electrons. The van der Waals surface area contributed by atoms with Crippen LogP contribution in [0, 0.1) is 0 Å². The van der Waals surface area contributed by atoms with Crippen LogP contribution in [0.5, 0.6) is 0 Å². The van der Waals surface area contributed by atoms with Crippen LogP contribution < -0.4 is 4.90 Å². The van der Waals surface area contributed by atoms with Gasteiger partial charge >= 0.3 is 5.97 Å². The summed E-state index contributed by atoms with van der Waals surface area (Å²) < 4.78 is 4.63. The molecule has 0 heterocycles. The second kappa shape index (κ2) is 10.3. The highest BCUT2D eigenvalue weighted by Crippen LogP contribution is 2.11. The third-order valence-corrected chi connectivity index (χ3v) is 2.10. The van der Waals surface area contributed by atoms with Gasteiger partial charge in [0.1, 0.15) is 0 Å². The summed E-state index contributed by atoms with van der Waals surface area (Å²) >= 11 is 0. The smallest absolute Gasteiger partial charge is 0.335 e. The number of aliphatic hydroxyl groups is 2. The van der Waals surface area contributed by atoms with Crippen molar-refractivity contribution in [1.29, 1.82) is 0 Å². The molecule has 0 aliphatic rings.